The zero-order chi connectivity index (χ0) is 20.8. The molecule has 0 aliphatic rings. The van der Waals surface area contributed by atoms with E-state index >= 15 is 0 Å². The van der Waals surface area contributed by atoms with Gasteiger partial charge in [0.05, 0.1) is 20.4 Å². The molecule has 3 aromatic rings. The summed E-state index contributed by atoms with van der Waals surface area (Å²) in [4.78, 5) is 24.7. The van der Waals surface area contributed by atoms with E-state index < -0.39 is 17.9 Å². The second kappa shape index (κ2) is 9.20. The molecule has 3 rings (SSSR count). The van der Waals surface area contributed by atoms with E-state index in [9.17, 15) is 9.59 Å². The molecule has 2 N–H and O–H groups in total. The molecular formula is C21H21N3O4S. The summed E-state index contributed by atoms with van der Waals surface area (Å²) < 4.78 is 11.5. The van der Waals surface area contributed by atoms with E-state index in [1.54, 1.807) is 42.7 Å². The molecule has 1 aromatic heterocycles. The van der Waals surface area contributed by atoms with Crippen molar-refractivity contribution in [2.45, 2.75) is 13.0 Å². The number of hydrogen-bond acceptors (Lipinski definition) is 6. The Labute approximate surface area is 172 Å². The molecule has 0 radical (unpaired) electrons. The largest absolute Gasteiger partial charge is 0.493 e. The highest BCUT2D eigenvalue weighted by Gasteiger charge is 2.17. The number of nitrogens with zero attached hydrogens (tertiary/aromatic N) is 1. The molecule has 1 atom stereocenters. The van der Waals surface area contributed by atoms with Gasteiger partial charge in [-0.1, -0.05) is 18.2 Å². The fourth-order valence-electron chi connectivity index (χ4n) is 2.68. The van der Waals surface area contributed by atoms with Crippen LogP contribution in [0.15, 0.2) is 52.9 Å². The molecule has 0 aliphatic heterocycles. The van der Waals surface area contributed by atoms with Crippen LogP contribution in [0, 0.1) is 0 Å². The van der Waals surface area contributed by atoms with Crippen molar-refractivity contribution in [3.8, 4) is 11.5 Å². The number of benzene rings is 2. The maximum absolute atomic E-state index is 12.4. The summed E-state index contributed by atoms with van der Waals surface area (Å²) in [5, 5.41) is 9.70. The van der Waals surface area contributed by atoms with Crippen LogP contribution in [0.4, 0.5) is 0 Å². The Kier molecular flexibility index (Phi) is 6.46. The summed E-state index contributed by atoms with van der Waals surface area (Å²) in [6, 6.07) is 12.0. The van der Waals surface area contributed by atoms with Gasteiger partial charge in [-0.2, -0.15) is 5.10 Å². The van der Waals surface area contributed by atoms with Gasteiger partial charge in [-0.15, -0.1) is 11.3 Å². The first-order chi connectivity index (χ1) is 14.0. The third kappa shape index (κ3) is 4.72. The van der Waals surface area contributed by atoms with E-state index in [0.717, 1.165) is 15.6 Å². The van der Waals surface area contributed by atoms with E-state index in [2.05, 4.69) is 15.8 Å². The minimum atomic E-state index is -0.771. The number of carbonyl (C=O) groups excluding carboxylic acids is 2. The number of carbonyl (C=O) groups is 2. The van der Waals surface area contributed by atoms with Crippen LogP contribution in [0.1, 0.15) is 22.8 Å². The molecule has 29 heavy (non-hydrogen) atoms. The van der Waals surface area contributed by atoms with Crippen molar-refractivity contribution in [1.29, 1.82) is 0 Å². The standard InChI is InChI=1S/C21H21N3O4S/c1-13(23-21(26)14-8-9-17(27-2)18(10-14)28-3)20(25)24-22-11-15-12-29-19-7-5-4-6-16(15)19/h4-13H,1-3H3,(H,23,26)(H,24,25)/b22-11+/t13-/m0/s1. The van der Waals surface area contributed by atoms with Crippen LogP contribution in [0.3, 0.4) is 0 Å². The van der Waals surface area contributed by atoms with Crippen molar-refractivity contribution in [1.82, 2.24) is 10.7 Å². The highest BCUT2D eigenvalue weighted by atomic mass is 32.1. The quantitative estimate of drug-likeness (QED) is 0.462. The Morgan fingerprint density at radius 1 is 1.10 bits per heavy atom. The number of hydrazone groups is 1. The van der Waals surface area contributed by atoms with Crippen molar-refractivity contribution < 1.29 is 19.1 Å². The smallest absolute Gasteiger partial charge is 0.262 e. The normalized spacial score (nSPS) is 12.0. The zero-order valence-electron chi connectivity index (χ0n) is 16.3. The SMILES string of the molecule is COc1ccc(C(=O)N[C@@H](C)C(=O)N/N=C/c2csc3ccccc23)cc1OC. The minimum absolute atomic E-state index is 0.357. The van der Waals surface area contributed by atoms with Gasteiger partial charge in [0, 0.05) is 26.6 Å². The zero-order valence-corrected chi connectivity index (χ0v) is 17.1. The molecule has 8 heteroatoms. The molecule has 0 spiro atoms. The van der Waals surface area contributed by atoms with Gasteiger partial charge >= 0.3 is 0 Å². The number of rotatable bonds is 7. The highest BCUT2D eigenvalue weighted by Crippen LogP contribution is 2.27. The van der Waals surface area contributed by atoms with Gasteiger partial charge in [0.2, 0.25) is 0 Å². The van der Waals surface area contributed by atoms with Gasteiger partial charge < -0.3 is 14.8 Å². The molecule has 0 fully saturated rings. The molecule has 0 unspecified atom stereocenters. The van der Waals surface area contributed by atoms with Gasteiger partial charge in [0.1, 0.15) is 6.04 Å². The summed E-state index contributed by atoms with van der Waals surface area (Å²) in [6.45, 7) is 1.59. The fraction of sp³-hybridized carbons (Fsp3) is 0.190. The van der Waals surface area contributed by atoms with Gasteiger partial charge in [-0.3, -0.25) is 9.59 Å². The van der Waals surface area contributed by atoms with Crippen molar-refractivity contribution in [3.63, 3.8) is 0 Å². The molecule has 1 heterocycles. The maximum atomic E-state index is 12.4. The average molecular weight is 411 g/mol. The number of amides is 2. The van der Waals surface area contributed by atoms with E-state index in [1.165, 1.54) is 14.2 Å². The summed E-state index contributed by atoms with van der Waals surface area (Å²) >= 11 is 1.61. The first kappa shape index (κ1) is 20.3. The van der Waals surface area contributed by atoms with Crippen LogP contribution in [0.25, 0.3) is 10.1 Å². The van der Waals surface area contributed by atoms with E-state index in [-0.39, 0.29) is 0 Å². The Morgan fingerprint density at radius 2 is 1.86 bits per heavy atom. The number of ether oxygens (including phenoxy) is 2. The third-order valence-corrected chi connectivity index (χ3v) is 5.26. The van der Waals surface area contributed by atoms with Crippen molar-refractivity contribution >= 4 is 39.5 Å². The highest BCUT2D eigenvalue weighted by molar-refractivity contribution is 7.17. The molecule has 0 saturated heterocycles. The fourth-order valence-corrected chi connectivity index (χ4v) is 3.60. The van der Waals surface area contributed by atoms with Crippen LogP contribution in [0.5, 0.6) is 11.5 Å². The lowest BCUT2D eigenvalue weighted by atomic mass is 10.1. The number of fused-ring (bicyclic) bond motifs is 1. The second-order valence-electron chi connectivity index (χ2n) is 6.19. The Morgan fingerprint density at radius 3 is 2.62 bits per heavy atom. The summed E-state index contributed by atoms with van der Waals surface area (Å²) in [5.41, 5.74) is 3.74. The molecule has 2 amide bonds. The van der Waals surface area contributed by atoms with E-state index in [0.29, 0.717) is 17.1 Å². The van der Waals surface area contributed by atoms with Crippen LogP contribution >= 0.6 is 11.3 Å². The minimum Gasteiger partial charge on any atom is -0.493 e. The first-order valence-corrected chi connectivity index (χ1v) is 9.73. The molecule has 7 nitrogen and oxygen atoms in total. The molecule has 0 saturated carbocycles. The lowest BCUT2D eigenvalue weighted by molar-refractivity contribution is -0.122. The number of hydrogen-bond donors (Lipinski definition) is 2. The predicted octanol–water partition coefficient (Wildman–Crippen LogP) is 3.19. The molecule has 0 bridgehead atoms. The maximum Gasteiger partial charge on any atom is 0.262 e. The monoisotopic (exact) mass is 411 g/mol. The van der Waals surface area contributed by atoms with Crippen LogP contribution in [0.2, 0.25) is 0 Å². The van der Waals surface area contributed by atoms with Crippen LogP contribution < -0.4 is 20.2 Å². The summed E-state index contributed by atoms with van der Waals surface area (Å²) in [7, 11) is 3.01. The molecule has 2 aromatic carbocycles. The average Bonchev–Trinajstić information content (AvgIpc) is 3.16. The predicted molar refractivity (Wildman–Crippen MR) is 114 cm³/mol. The lowest BCUT2D eigenvalue weighted by Gasteiger charge is -2.13. The van der Waals surface area contributed by atoms with Crippen molar-refractivity contribution in [2.75, 3.05) is 14.2 Å². The summed E-state index contributed by atoms with van der Waals surface area (Å²) in [5.74, 6) is 0.131. The Bertz CT molecular complexity index is 1060. The second-order valence-corrected chi connectivity index (χ2v) is 7.10. The lowest BCUT2D eigenvalue weighted by Crippen LogP contribution is -2.43. The van der Waals surface area contributed by atoms with Crippen LogP contribution in [-0.2, 0) is 4.79 Å². The number of thiophene rings is 1. The van der Waals surface area contributed by atoms with Gasteiger partial charge in [0.15, 0.2) is 11.5 Å². The van der Waals surface area contributed by atoms with E-state index in [4.69, 9.17) is 9.47 Å². The molecular weight excluding hydrogens is 390 g/mol. The van der Waals surface area contributed by atoms with Gasteiger partial charge in [0.25, 0.3) is 11.8 Å². The summed E-state index contributed by atoms with van der Waals surface area (Å²) in [6.07, 6.45) is 1.60. The van der Waals surface area contributed by atoms with Crippen molar-refractivity contribution in [2.24, 2.45) is 5.10 Å². The molecule has 0 aliphatic carbocycles. The number of nitrogens with one attached hydrogen (secondary N) is 2. The number of methoxy groups -OCH3 is 2. The van der Waals surface area contributed by atoms with Gasteiger partial charge in [-0.05, 0) is 31.2 Å². The van der Waals surface area contributed by atoms with Crippen LogP contribution in [-0.4, -0.2) is 38.3 Å². The Hall–Kier alpha value is -3.39. The first-order valence-electron chi connectivity index (χ1n) is 8.85. The topological polar surface area (TPSA) is 89.0 Å². The van der Waals surface area contributed by atoms with E-state index in [1.807, 2.05) is 29.6 Å². The Balaban J connectivity index is 1.59. The third-order valence-electron chi connectivity index (χ3n) is 4.28. The molecule has 150 valence electrons. The van der Waals surface area contributed by atoms with Gasteiger partial charge in [-0.25, -0.2) is 5.43 Å². The van der Waals surface area contributed by atoms with Crippen molar-refractivity contribution in [3.05, 3.63) is 59.0 Å².